The van der Waals surface area contributed by atoms with Crippen molar-refractivity contribution in [2.75, 3.05) is 0 Å². The molecule has 11 rings (SSSR count). The molecule has 54 heavy (non-hydrogen) atoms. The van der Waals surface area contributed by atoms with Gasteiger partial charge in [-0.05, 0) is 57.3 Å². The molecule has 0 aliphatic rings. The van der Waals surface area contributed by atoms with Gasteiger partial charge in [0.1, 0.15) is 0 Å². The van der Waals surface area contributed by atoms with E-state index in [2.05, 4.69) is 150 Å². The molecular weight excluding hydrogens is 677 g/mol. The Bertz CT molecular complexity index is 3140. The van der Waals surface area contributed by atoms with E-state index >= 15 is 0 Å². The zero-order chi connectivity index (χ0) is 35.6. The summed E-state index contributed by atoms with van der Waals surface area (Å²) in [5.41, 5.74) is 8.83. The molecule has 4 nitrogen and oxygen atoms in total. The van der Waals surface area contributed by atoms with Gasteiger partial charge in [-0.25, -0.2) is 4.98 Å². The summed E-state index contributed by atoms with van der Waals surface area (Å²) >= 11 is 1.85. The number of hydrogen-bond donors (Lipinski definition) is 0. The average Bonchev–Trinajstić information content (AvgIpc) is 3.80. The quantitative estimate of drug-likeness (QED) is 0.179. The van der Waals surface area contributed by atoms with Gasteiger partial charge < -0.3 is 0 Å². The summed E-state index contributed by atoms with van der Waals surface area (Å²) in [6.45, 7) is 0. The van der Waals surface area contributed by atoms with Crippen LogP contribution in [-0.2, 0) is 0 Å². The van der Waals surface area contributed by atoms with E-state index in [0.29, 0.717) is 17.6 Å². The van der Waals surface area contributed by atoms with Gasteiger partial charge in [0.2, 0.25) is 5.95 Å². The highest BCUT2D eigenvalue weighted by Crippen LogP contribution is 2.46. The van der Waals surface area contributed by atoms with Crippen LogP contribution in [0.15, 0.2) is 182 Å². The summed E-state index contributed by atoms with van der Waals surface area (Å²) in [6.07, 6.45) is 0. The van der Waals surface area contributed by atoms with Crippen molar-refractivity contribution in [1.82, 2.24) is 19.5 Å². The SMILES string of the molecule is c1ccc(-c2ccc3c(c2)c2ccc4sc5c(-c6ccc7ccccc7c6)cccc5c4c2n3-c2nc(-c3ccccc3)nc(-c3ccccc3)n2)cc1. The molecule has 11 aromatic rings. The maximum Gasteiger partial charge on any atom is 0.238 e. The van der Waals surface area contributed by atoms with Crippen LogP contribution in [0.4, 0.5) is 0 Å². The molecule has 0 aliphatic carbocycles. The van der Waals surface area contributed by atoms with Gasteiger partial charge in [0.15, 0.2) is 11.6 Å². The Labute approximate surface area is 315 Å². The Hall–Kier alpha value is -6.95. The molecule has 5 heteroatoms. The number of hydrogen-bond acceptors (Lipinski definition) is 4. The normalized spacial score (nSPS) is 11.7. The minimum absolute atomic E-state index is 0.590. The third-order valence-corrected chi connectivity index (χ3v) is 11.6. The van der Waals surface area contributed by atoms with Gasteiger partial charge in [0.05, 0.1) is 11.0 Å². The number of thiophene rings is 1. The first kappa shape index (κ1) is 30.7. The molecule has 3 heterocycles. The molecule has 252 valence electrons. The summed E-state index contributed by atoms with van der Waals surface area (Å²) in [7, 11) is 0. The van der Waals surface area contributed by atoms with Crippen molar-refractivity contribution in [1.29, 1.82) is 0 Å². The number of benzene rings is 8. The Morgan fingerprint density at radius 3 is 1.78 bits per heavy atom. The fraction of sp³-hybridized carbons (Fsp3) is 0. The highest BCUT2D eigenvalue weighted by Gasteiger charge is 2.23. The summed E-state index contributed by atoms with van der Waals surface area (Å²) in [5, 5.41) is 7.22. The van der Waals surface area contributed by atoms with E-state index in [-0.39, 0.29) is 0 Å². The lowest BCUT2D eigenvalue weighted by molar-refractivity contribution is 0.955. The van der Waals surface area contributed by atoms with Gasteiger partial charge in [0.25, 0.3) is 0 Å². The molecule has 0 radical (unpaired) electrons. The zero-order valence-corrected chi connectivity index (χ0v) is 29.8. The molecule has 0 spiro atoms. The first-order chi connectivity index (χ1) is 26.8. The highest BCUT2D eigenvalue weighted by atomic mass is 32.1. The summed E-state index contributed by atoms with van der Waals surface area (Å²) in [6, 6.07) is 64.4. The lowest BCUT2D eigenvalue weighted by Crippen LogP contribution is -2.06. The van der Waals surface area contributed by atoms with E-state index < -0.39 is 0 Å². The Kier molecular flexibility index (Phi) is 7.00. The van der Waals surface area contributed by atoms with Crippen LogP contribution in [0.2, 0.25) is 0 Å². The molecular formula is C49H30N4S. The van der Waals surface area contributed by atoms with Gasteiger partial charge in [-0.15, -0.1) is 11.3 Å². The van der Waals surface area contributed by atoms with Crippen molar-refractivity contribution in [3.63, 3.8) is 0 Å². The minimum atomic E-state index is 0.590. The van der Waals surface area contributed by atoms with Gasteiger partial charge in [-0.2, -0.15) is 9.97 Å². The van der Waals surface area contributed by atoms with E-state index in [1.54, 1.807) is 0 Å². The largest absolute Gasteiger partial charge is 0.277 e. The Morgan fingerprint density at radius 2 is 1.06 bits per heavy atom. The monoisotopic (exact) mass is 706 g/mol. The van der Waals surface area contributed by atoms with E-state index in [4.69, 9.17) is 15.0 Å². The topological polar surface area (TPSA) is 43.6 Å². The van der Waals surface area contributed by atoms with Crippen molar-refractivity contribution in [3.8, 4) is 51.0 Å². The standard InChI is InChI=1S/C49H30N4S/c1-4-13-31(14-5-1)36-25-27-42-41(30-36)39-26-28-43-44(40-22-12-21-38(46(40)54-43)37-24-23-32-15-10-11-20-35(32)29-37)45(39)53(42)49-51-47(33-16-6-2-7-17-33)50-48(52-49)34-18-8-3-9-19-34/h1-30H. The van der Waals surface area contributed by atoms with Crippen LogP contribution in [0.3, 0.4) is 0 Å². The number of rotatable bonds is 5. The van der Waals surface area contributed by atoms with E-state index in [0.717, 1.165) is 32.9 Å². The fourth-order valence-corrected chi connectivity index (χ4v) is 9.13. The van der Waals surface area contributed by atoms with Crippen LogP contribution in [0.25, 0.3) is 104 Å². The zero-order valence-electron chi connectivity index (χ0n) is 29.0. The predicted octanol–water partition coefficient (Wildman–Crippen LogP) is 13.2. The summed E-state index contributed by atoms with van der Waals surface area (Å²) in [4.78, 5) is 15.6. The van der Waals surface area contributed by atoms with Gasteiger partial charge in [-0.1, -0.05) is 158 Å². The second-order valence-corrected chi connectivity index (χ2v) is 14.7. The van der Waals surface area contributed by atoms with E-state index in [1.165, 1.54) is 53.2 Å². The molecule has 0 unspecified atom stereocenters. The van der Waals surface area contributed by atoms with Crippen LogP contribution in [-0.4, -0.2) is 19.5 Å². The molecule has 0 N–H and O–H groups in total. The molecule has 0 amide bonds. The van der Waals surface area contributed by atoms with Crippen molar-refractivity contribution in [3.05, 3.63) is 182 Å². The van der Waals surface area contributed by atoms with Crippen LogP contribution in [0.1, 0.15) is 0 Å². The van der Waals surface area contributed by atoms with Crippen molar-refractivity contribution in [2.24, 2.45) is 0 Å². The van der Waals surface area contributed by atoms with E-state index in [9.17, 15) is 0 Å². The number of nitrogens with zero attached hydrogens (tertiary/aromatic N) is 4. The molecule has 3 aromatic heterocycles. The Morgan fingerprint density at radius 1 is 0.407 bits per heavy atom. The lowest BCUT2D eigenvalue weighted by atomic mass is 9.99. The summed E-state index contributed by atoms with van der Waals surface area (Å²) in [5.74, 6) is 1.86. The van der Waals surface area contributed by atoms with Crippen LogP contribution in [0.5, 0.6) is 0 Å². The third kappa shape index (κ3) is 4.94. The maximum atomic E-state index is 5.26. The maximum absolute atomic E-state index is 5.26. The van der Waals surface area contributed by atoms with Crippen LogP contribution in [0, 0.1) is 0 Å². The number of fused-ring (bicyclic) bond motifs is 8. The first-order valence-corrected chi connectivity index (χ1v) is 18.9. The molecule has 8 aromatic carbocycles. The van der Waals surface area contributed by atoms with Crippen LogP contribution >= 0.6 is 11.3 Å². The molecule has 0 fully saturated rings. The van der Waals surface area contributed by atoms with Crippen molar-refractivity contribution >= 4 is 64.1 Å². The molecule has 0 saturated heterocycles. The second-order valence-electron chi connectivity index (χ2n) is 13.6. The van der Waals surface area contributed by atoms with Gasteiger partial charge in [-0.3, -0.25) is 4.57 Å². The molecule has 0 aliphatic heterocycles. The van der Waals surface area contributed by atoms with Crippen molar-refractivity contribution < 1.29 is 0 Å². The summed E-state index contributed by atoms with van der Waals surface area (Å²) < 4.78 is 4.76. The first-order valence-electron chi connectivity index (χ1n) is 18.1. The average molecular weight is 707 g/mol. The Balaban J connectivity index is 1.25. The predicted molar refractivity (Wildman–Crippen MR) is 226 cm³/mol. The lowest BCUT2D eigenvalue weighted by Gasteiger charge is -2.12. The van der Waals surface area contributed by atoms with Gasteiger partial charge >= 0.3 is 0 Å². The second kappa shape index (κ2) is 12.3. The molecule has 0 bridgehead atoms. The molecule has 0 atom stereocenters. The van der Waals surface area contributed by atoms with Crippen LogP contribution < -0.4 is 0 Å². The van der Waals surface area contributed by atoms with Gasteiger partial charge in [0, 0.05) is 42.1 Å². The number of aromatic nitrogens is 4. The smallest absolute Gasteiger partial charge is 0.238 e. The minimum Gasteiger partial charge on any atom is -0.277 e. The fourth-order valence-electron chi connectivity index (χ4n) is 7.89. The highest BCUT2D eigenvalue weighted by molar-refractivity contribution is 7.26. The van der Waals surface area contributed by atoms with E-state index in [1.807, 2.05) is 47.7 Å². The molecule has 0 saturated carbocycles. The van der Waals surface area contributed by atoms with Crippen molar-refractivity contribution in [2.45, 2.75) is 0 Å². The third-order valence-electron chi connectivity index (χ3n) is 10.4.